The molecule has 0 aliphatic carbocycles. The summed E-state index contributed by atoms with van der Waals surface area (Å²) in [6.45, 7) is 1.10. The highest BCUT2D eigenvalue weighted by molar-refractivity contribution is 4.97. The maximum absolute atomic E-state index is 4.19. The van der Waals surface area contributed by atoms with E-state index in [0.29, 0.717) is 6.04 Å². The molecule has 2 rings (SSSR count). The van der Waals surface area contributed by atoms with Crippen molar-refractivity contribution in [3.63, 3.8) is 0 Å². The third-order valence-corrected chi connectivity index (χ3v) is 1.96. The van der Waals surface area contributed by atoms with Crippen LogP contribution >= 0.6 is 0 Å². The smallest absolute Gasteiger partial charge is 0.145 e. The molecule has 2 heterocycles. The molecule has 1 atom stereocenters. The van der Waals surface area contributed by atoms with Gasteiger partial charge in [-0.2, -0.15) is 0 Å². The molecule has 58 valence electrons. The first-order valence-electron chi connectivity index (χ1n) is 3.97. The van der Waals surface area contributed by atoms with Gasteiger partial charge in [0.1, 0.15) is 5.82 Å². The fourth-order valence-corrected chi connectivity index (χ4v) is 1.40. The van der Waals surface area contributed by atoms with Gasteiger partial charge in [-0.3, -0.25) is 0 Å². The van der Waals surface area contributed by atoms with E-state index < -0.39 is 0 Å². The molecule has 11 heavy (non-hydrogen) atoms. The molecule has 1 unspecified atom stereocenters. The normalized spacial score (nSPS) is 23.8. The highest BCUT2D eigenvalue weighted by Crippen LogP contribution is 2.18. The van der Waals surface area contributed by atoms with E-state index in [1.165, 1.54) is 12.8 Å². The van der Waals surface area contributed by atoms with Crippen LogP contribution in [0.15, 0.2) is 18.5 Å². The Bertz CT molecular complexity index is 216. The molecule has 0 amide bonds. The SMILES string of the molecule is c1cnc(C2CCCN2)nc1. The standard InChI is InChI=1S/C8H11N3/c1-3-7(9-4-1)8-10-5-2-6-11-8/h2,5-7,9H,1,3-4H2. The van der Waals surface area contributed by atoms with Crippen molar-refractivity contribution >= 4 is 0 Å². The number of rotatable bonds is 1. The second-order valence-corrected chi connectivity index (χ2v) is 2.76. The van der Waals surface area contributed by atoms with Crippen molar-refractivity contribution in [2.45, 2.75) is 18.9 Å². The van der Waals surface area contributed by atoms with Gasteiger partial charge in [0.2, 0.25) is 0 Å². The van der Waals surface area contributed by atoms with Crippen LogP contribution in [0.5, 0.6) is 0 Å². The minimum atomic E-state index is 0.399. The molecule has 1 N–H and O–H groups in total. The first-order valence-corrected chi connectivity index (χ1v) is 3.97. The molecule has 0 radical (unpaired) electrons. The largest absolute Gasteiger partial charge is 0.307 e. The van der Waals surface area contributed by atoms with Crippen LogP contribution < -0.4 is 5.32 Å². The third kappa shape index (κ3) is 1.38. The van der Waals surface area contributed by atoms with Gasteiger partial charge in [-0.05, 0) is 25.5 Å². The van der Waals surface area contributed by atoms with Gasteiger partial charge in [0.25, 0.3) is 0 Å². The van der Waals surface area contributed by atoms with Crippen molar-refractivity contribution in [2.75, 3.05) is 6.54 Å². The van der Waals surface area contributed by atoms with Crippen molar-refractivity contribution in [1.82, 2.24) is 15.3 Å². The van der Waals surface area contributed by atoms with Crippen LogP contribution in [-0.4, -0.2) is 16.5 Å². The van der Waals surface area contributed by atoms with Crippen LogP contribution in [0, 0.1) is 0 Å². The zero-order valence-corrected chi connectivity index (χ0v) is 6.33. The summed E-state index contributed by atoms with van der Waals surface area (Å²) in [6, 6.07) is 2.24. The fourth-order valence-electron chi connectivity index (χ4n) is 1.40. The Morgan fingerprint density at radius 2 is 2.18 bits per heavy atom. The molecule has 3 heteroatoms. The van der Waals surface area contributed by atoms with Crippen molar-refractivity contribution < 1.29 is 0 Å². The number of aromatic nitrogens is 2. The Balaban J connectivity index is 2.16. The van der Waals surface area contributed by atoms with Gasteiger partial charge >= 0.3 is 0 Å². The Hall–Kier alpha value is -0.960. The first-order chi connectivity index (χ1) is 5.47. The Morgan fingerprint density at radius 1 is 1.36 bits per heavy atom. The maximum Gasteiger partial charge on any atom is 0.145 e. The summed E-state index contributed by atoms with van der Waals surface area (Å²) in [5, 5.41) is 3.35. The lowest BCUT2D eigenvalue weighted by Crippen LogP contribution is -2.15. The molecular weight excluding hydrogens is 138 g/mol. The molecule has 0 saturated carbocycles. The lowest BCUT2D eigenvalue weighted by molar-refractivity contribution is 0.604. The maximum atomic E-state index is 4.19. The van der Waals surface area contributed by atoms with Crippen LogP contribution in [0.3, 0.4) is 0 Å². The minimum Gasteiger partial charge on any atom is -0.307 e. The number of nitrogens with one attached hydrogen (secondary N) is 1. The molecule has 1 aromatic rings. The molecule has 1 aliphatic rings. The molecular formula is C8H11N3. The van der Waals surface area contributed by atoms with E-state index in [1.807, 2.05) is 6.07 Å². The third-order valence-electron chi connectivity index (χ3n) is 1.96. The molecule has 0 aromatic carbocycles. The predicted molar refractivity (Wildman–Crippen MR) is 42.0 cm³/mol. The Labute approximate surface area is 65.9 Å². The molecule has 1 aromatic heterocycles. The first kappa shape index (κ1) is 6.73. The van der Waals surface area contributed by atoms with Crippen molar-refractivity contribution in [3.05, 3.63) is 24.3 Å². The van der Waals surface area contributed by atoms with Crippen molar-refractivity contribution in [3.8, 4) is 0 Å². The molecule has 1 saturated heterocycles. The number of hydrogen-bond donors (Lipinski definition) is 1. The predicted octanol–water partition coefficient (Wildman–Crippen LogP) is 0.901. The quantitative estimate of drug-likeness (QED) is 0.644. The number of nitrogens with zero attached hydrogens (tertiary/aromatic N) is 2. The molecule has 3 nitrogen and oxygen atoms in total. The van der Waals surface area contributed by atoms with Gasteiger partial charge in [-0.1, -0.05) is 0 Å². The topological polar surface area (TPSA) is 37.8 Å². The molecule has 0 spiro atoms. The summed E-state index contributed by atoms with van der Waals surface area (Å²) in [6.07, 6.45) is 6.00. The summed E-state index contributed by atoms with van der Waals surface area (Å²) in [7, 11) is 0. The van der Waals surface area contributed by atoms with Crippen LogP contribution in [-0.2, 0) is 0 Å². The number of hydrogen-bond acceptors (Lipinski definition) is 3. The van der Waals surface area contributed by atoms with E-state index in [0.717, 1.165) is 12.4 Å². The van der Waals surface area contributed by atoms with Crippen LogP contribution in [0.1, 0.15) is 24.7 Å². The monoisotopic (exact) mass is 149 g/mol. The van der Waals surface area contributed by atoms with Crippen molar-refractivity contribution in [2.24, 2.45) is 0 Å². The van der Waals surface area contributed by atoms with Gasteiger partial charge in [-0.15, -0.1) is 0 Å². The summed E-state index contributed by atoms with van der Waals surface area (Å²) in [4.78, 5) is 8.37. The van der Waals surface area contributed by atoms with Gasteiger partial charge < -0.3 is 5.32 Å². The highest BCUT2D eigenvalue weighted by Gasteiger charge is 2.17. The van der Waals surface area contributed by atoms with Crippen LogP contribution in [0.2, 0.25) is 0 Å². The van der Waals surface area contributed by atoms with Gasteiger partial charge in [0, 0.05) is 12.4 Å². The lowest BCUT2D eigenvalue weighted by Gasteiger charge is -2.06. The molecule has 0 bridgehead atoms. The van der Waals surface area contributed by atoms with E-state index in [-0.39, 0.29) is 0 Å². The van der Waals surface area contributed by atoms with E-state index in [2.05, 4.69) is 15.3 Å². The summed E-state index contributed by atoms with van der Waals surface area (Å²) in [5.41, 5.74) is 0. The van der Waals surface area contributed by atoms with Gasteiger partial charge in [-0.25, -0.2) is 9.97 Å². The van der Waals surface area contributed by atoms with Crippen LogP contribution in [0.25, 0.3) is 0 Å². The van der Waals surface area contributed by atoms with Gasteiger partial charge in [0.15, 0.2) is 0 Å². The zero-order valence-electron chi connectivity index (χ0n) is 6.33. The zero-order chi connectivity index (χ0) is 7.52. The Morgan fingerprint density at radius 3 is 2.82 bits per heavy atom. The average Bonchev–Trinajstić information content (AvgIpc) is 2.58. The van der Waals surface area contributed by atoms with E-state index in [4.69, 9.17) is 0 Å². The van der Waals surface area contributed by atoms with Gasteiger partial charge in [0.05, 0.1) is 6.04 Å². The summed E-state index contributed by atoms with van der Waals surface area (Å²) in [5.74, 6) is 0.935. The second-order valence-electron chi connectivity index (χ2n) is 2.76. The molecule has 1 aliphatic heterocycles. The highest BCUT2D eigenvalue weighted by atomic mass is 15.0. The lowest BCUT2D eigenvalue weighted by atomic mass is 10.2. The molecule has 1 fully saturated rings. The average molecular weight is 149 g/mol. The summed E-state index contributed by atoms with van der Waals surface area (Å²) < 4.78 is 0. The van der Waals surface area contributed by atoms with E-state index in [9.17, 15) is 0 Å². The van der Waals surface area contributed by atoms with Crippen LogP contribution in [0.4, 0.5) is 0 Å². The van der Waals surface area contributed by atoms with E-state index >= 15 is 0 Å². The fraction of sp³-hybridized carbons (Fsp3) is 0.500. The Kier molecular flexibility index (Phi) is 1.81. The van der Waals surface area contributed by atoms with Crippen molar-refractivity contribution in [1.29, 1.82) is 0 Å². The van der Waals surface area contributed by atoms with E-state index in [1.54, 1.807) is 12.4 Å². The minimum absolute atomic E-state index is 0.399. The summed E-state index contributed by atoms with van der Waals surface area (Å²) >= 11 is 0. The second kappa shape index (κ2) is 2.96.